The SMILES string of the molecule is S=c1nc(/C=C/c2ccccc2)[nH]n1CN1CCC(c2nc3ccccc3s2)CC1. The van der Waals surface area contributed by atoms with E-state index in [9.17, 15) is 0 Å². The number of thiazole rings is 1. The Morgan fingerprint density at radius 1 is 1.00 bits per heavy atom. The van der Waals surface area contributed by atoms with Gasteiger partial charge in [-0.15, -0.1) is 11.3 Å². The monoisotopic (exact) mass is 433 g/mol. The minimum atomic E-state index is 0.553. The first-order chi connectivity index (χ1) is 14.7. The topological polar surface area (TPSA) is 49.7 Å². The fourth-order valence-corrected chi connectivity index (χ4v) is 5.21. The fourth-order valence-electron chi connectivity index (χ4n) is 3.87. The Morgan fingerprint density at radius 3 is 2.57 bits per heavy atom. The van der Waals surface area contributed by atoms with Crippen molar-refractivity contribution in [3.05, 3.63) is 75.8 Å². The van der Waals surface area contributed by atoms with Crippen LogP contribution >= 0.6 is 23.6 Å². The molecule has 1 aliphatic rings. The predicted octanol–water partition coefficient (Wildman–Crippen LogP) is 5.56. The van der Waals surface area contributed by atoms with Crippen LogP contribution in [0.5, 0.6) is 0 Å². The molecule has 0 atom stereocenters. The molecule has 0 unspecified atom stereocenters. The summed E-state index contributed by atoms with van der Waals surface area (Å²) in [6.07, 6.45) is 6.27. The van der Waals surface area contributed by atoms with Crippen molar-refractivity contribution in [3.8, 4) is 0 Å². The Kier molecular flexibility index (Phi) is 5.57. The molecule has 0 amide bonds. The van der Waals surface area contributed by atoms with E-state index in [1.165, 1.54) is 9.71 Å². The second-order valence-corrected chi connectivity index (χ2v) is 9.04. The molecule has 1 saturated heterocycles. The van der Waals surface area contributed by atoms with E-state index in [1.807, 2.05) is 46.4 Å². The smallest absolute Gasteiger partial charge is 0.217 e. The molecule has 3 heterocycles. The summed E-state index contributed by atoms with van der Waals surface area (Å²) < 4.78 is 3.84. The van der Waals surface area contributed by atoms with Crippen LogP contribution in [0, 0.1) is 4.77 Å². The van der Waals surface area contributed by atoms with Gasteiger partial charge >= 0.3 is 0 Å². The zero-order chi connectivity index (χ0) is 20.3. The molecule has 2 aromatic heterocycles. The molecule has 1 aliphatic heterocycles. The van der Waals surface area contributed by atoms with Crippen molar-refractivity contribution in [1.29, 1.82) is 0 Å². The number of nitrogens with zero attached hydrogens (tertiary/aromatic N) is 4. The summed E-state index contributed by atoms with van der Waals surface area (Å²) >= 11 is 7.30. The van der Waals surface area contributed by atoms with Crippen molar-refractivity contribution in [2.75, 3.05) is 13.1 Å². The molecule has 30 heavy (non-hydrogen) atoms. The van der Waals surface area contributed by atoms with E-state index in [1.54, 1.807) is 0 Å². The van der Waals surface area contributed by atoms with E-state index < -0.39 is 0 Å². The van der Waals surface area contributed by atoms with Crippen LogP contribution in [-0.2, 0) is 6.67 Å². The highest BCUT2D eigenvalue weighted by Crippen LogP contribution is 2.33. The summed E-state index contributed by atoms with van der Waals surface area (Å²) in [4.78, 5) is 11.8. The lowest BCUT2D eigenvalue weighted by atomic mass is 9.98. The summed E-state index contributed by atoms with van der Waals surface area (Å²) in [5, 5.41) is 4.60. The number of H-pyrrole nitrogens is 1. The fraction of sp³-hybridized carbons (Fsp3) is 0.261. The lowest BCUT2D eigenvalue weighted by Crippen LogP contribution is -2.34. The van der Waals surface area contributed by atoms with Gasteiger partial charge in [-0.05, 0) is 48.8 Å². The van der Waals surface area contributed by atoms with Crippen molar-refractivity contribution in [2.24, 2.45) is 0 Å². The van der Waals surface area contributed by atoms with Gasteiger partial charge in [0.05, 0.1) is 21.9 Å². The summed E-state index contributed by atoms with van der Waals surface area (Å²) in [6, 6.07) is 18.6. The molecule has 1 fully saturated rings. The molecule has 4 aromatic rings. The molecule has 0 bridgehead atoms. The van der Waals surface area contributed by atoms with Crippen LogP contribution in [0.4, 0.5) is 0 Å². The van der Waals surface area contributed by atoms with Gasteiger partial charge in [0.2, 0.25) is 4.77 Å². The van der Waals surface area contributed by atoms with E-state index in [-0.39, 0.29) is 0 Å². The minimum Gasteiger partial charge on any atom is -0.284 e. The molecule has 7 heteroatoms. The Balaban J connectivity index is 1.21. The van der Waals surface area contributed by atoms with Gasteiger partial charge in [-0.3, -0.25) is 10.00 Å². The highest BCUT2D eigenvalue weighted by Gasteiger charge is 2.23. The Bertz CT molecular complexity index is 1180. The average Bonchev–Trinajstić information content (AvgIpc) is 3.37. The normalized spacial score (nSPS) is 16.0. The highest BCUT2D eigenvalue weighted by atomic mass is 32.1. The van der Waals surface area contributed by atoms with Gasteiger partial charge < -0.3 is 0 Å². The maximum absolute atomic E-state index is 5.46. The number of hydrogen-bond acceptors (Lipinski definition) is 5. The van der Waals surface area contributed by atoms with Crippen LogP contribution in [0.3, 0.4) is 0 Å². The molecule has 1 N–H and O–H groups in total. The van der Waals surface area contributed by atoms with Gasteiger partial charge in [0.25, 0.3) is 0 Å². The number of nitrogens with one attached hydrogen (secondary N) is 1. The molecular weight excluding hydrogens is 410 g/mol. The second kappa shape index (κ2) is 8.63. The van der Waals surface area contributed by atoms with Gasteiger partial charge in [-0.25, -0.2) is 9.67 Å². The van der Waals surface area contributed by atoms with Gasteiger partial charge in [0, 0.05) is 19.0 Å². The Hall–Kier alpha value is -2.61. The van der Waals surface area contributed by atoms with Crippen LogP contribution in [0.15, 0.2) is 54.6 Å². The van der Waals surface area contributed by atoms with Crippen molar-refractivity contribution < 1.29 is 0 Å². The standard InChI is InChI=1S/C23H23N5S2/c29-23-25-21(11-10-17-6-2-1-3-7-17)26-28(23)16-27-14-12-18(13-15-27)22-24-19-8-4-5-9-20(19)30-22/h1-11,18H,12-16H2,(H,25,26,29)/b11-10+. The number of rotatable bonds is 5. The molecule has 0 saturated carbocycles. The molecule has 5 nitrogen and oxygen atoms in total. The van der Waals surface area contributed by atoms with Crippen LogP contribution in [0.25, 0.3) is 22.4 Å². The third-order valence-electron chi connectivity index (χ3n) is 5.52. The van der Waals surface area contributed by atoms with E-state index in [2.05, 4.69) is 51.4 Å². The molecule has 2 aromatic carbocycles. The minimum absolute atomic E-state index is 0.553. The maximum Gasteiger partial charge on any atom is 0.217 e. The van der Waals surface area contributed by atoms with Gasteiger partial charge in [0.1, 0.15) is 5.82 Å². The lowest BCUT2D eigenvalue weighted by Gasteiger charge is -2.30. The number of hydrogen-bond donors (Lipinski definition) is 1. The predicted molar refractivity (Wildman–Crippen MR) is 126 cm³/mol. The third-order valence-corrected chi connectivity index (χ3v) is 7.03. The number of likely N-dealkylation sites (tertiary alicyclic amines) is 1. The maximum atomic E-state index is 5.46. The largest absolute Gasteiger partial charge is 0.284 e. The third kappa shape index (κ3) is 4.28. The molecule has 152 valence electrons. The van der Waals surface area contributed by atoms with Gasteiger partial charge in [-0.2, -0.15) is 4.98 Å². The van der Waals surface area contributed by atoms with E-state index in [0.717, 1.165) is 49.5 Å². The van der Waals surface area contributed by atoms with Crippen molar-refractivity contribution in [1.82, 2.24) is 24.6 Å². The molecule has 0 aliphatic carbocycles. The molecule has 0 spiro atoms. The van der Waals surface area contributed by atoms with Crippen molar-refractivity contribution >= 4 is 45.9 Å². The highest BCUT2D eigenvalue weighted by molar-refractivity contribution is 7.71. The summed E-state index contributed by atoms with van der Waals surface area (Å²) in [7, 11) is 0. The van der Waals surface area contributed by atoms with E-state index in [0.29, 0.717) is 10.7 Å². The lowest BCUT2D eigenvalue weighted by molar-refractivity contribution is 0.160. The van der Waals surface area contributed by atoms with Crippen molar-refractivity contribution in [3.63, 3.8) is 0 Å². The van der Waals surface area contributed by atoms with Crippen molar-refractivity contribution in [2.45, 2.75) is 25.4 Å². The van der Waals surface area contributed by atoms with E-state index >= 15 is 0 Å². The summed E-state index contributed by atoms with van der Waals surface area (Å²) in [6.45, 7) is 2.82. The summed E-state index contributed by atoms with van der Waals surface area (Å²) in [5.41, 5.74) is 2.27. The number of benzene rings is 2. The number of aromatic nitrogens is 4. The van der Waals surface area contributed by atoms with Gasteiger partial charge in [0.15, 0.2) is 0 Å². The average molecular weight is 434 g/mol. The quantitative estimate of drug-likeness (QED) is 0.419. The second-order valence-electron chi connectivity index (χ2n) is 7.62. The first-order valence-corrected chi connectivity index (χ1v) is 11.4. The van der Waals surface area contributed by atoms with Crippen LogP contribution in [0.1, 0.15) is 35.2 Å². The first kappa shape index (κ1) is 19.4. The van der Waals surface area contributed by atoms with Crippen LogP contribution < -0.4 is 0 Å². The number of para-hydroxylation sites is 1. The Labute approximate surface area is 184 Å². The Morgan fingerprint density at radius 2 is 1.77 bits per heavy atom. The zero-order valence-electron chi connectivity index (χ0n) is 16.6. The molecular formula is C23H23N5S2. The molecule has 5 rings (SSSR count). The molecule has 0 radical (unpaired) electrons. The summed E-state index contributed by atoms with van der Waals surface area (Å²) in [5.74, 6) is 1.34. The first-order valence-electron chi connectivity index (χ1n) is 10.2. The number of piperidine rings is 1. The van der Waals surface area contributed by atoms with E-state index in [4.69, 9.17) is 17.2 Å². The van der Waals surface area contributed by atoms with Gasteiger partial charge in [-0.1, -0.05) is 48.5 Å². The number of fused-ring (bicyclic) bond motifs is 1. The zero-order valence-corrected chi connectivity index (χ0v) is 18.2. The van der Waals surface area contributed by atoms with Crippen LogP contribution in [-0.4, -0.2) is 37.7 Å². The number of aromatic amines is 1. The van der Waals surface area contributed by atoms with Crippen LogP contribution in [0.2, 0.25) is 0 Å².